The Hall–Kier alpha value is -2.05. The first-order chi connectivity index (χ1) is 7.04. The lowest BCUT2D eigenvalue weighted by Crippen LogP contribution is -2.35. The number of carbonyl (C=O) groups is 1. The van der Waals surface area contributed by atoms with Crippen LogP contribution in [0.4, 0.5) is 0 Å². The number of oxime groups is 1. The first-order valence-corrected chi connectivity index (χ1v) is 4.25. The molecule has 0 spiro atoms. The summed E-state index contributed by atoms with van der Waals surface area (Å²) in [6.07, 6.45) is 3.07. The normalized spacial score (nSPS) is 11.5. The SMILES string of the molecule is CN(CC(N)=NO)C(=O)c1cnn(C)c1. The minimum Gasteiger partial charge on any atom is -0.409 e. The molecule has 0 bridgehead atoms. The molecule has 0 unspecified atom stereocenters. The summed E-state index contributed by atoms with van der Waals surface area (Å²) in [5, 5.41) is 15.0. The van der Waals surface area contributed by atoms with E-state index < -0.39 is 0 Å². The molecule has 1 amide bonds. The summed E-state index contributed by atoms with van der Waals surface area (Å²) in [4.78, 5) is 13.0. The highest BCUT2D eigenvalue weighted by molar-refractivity contribution is 5.96. The molecule has 1 aromatic rings. The Balaban J connectivity index is 2.69. The second kappa shape index (κ2) is 4.45. The summed E-state index contributed by atoms with van der Waals surface area (Å²) in [6, 6.07) is 0. The van der Waals surface area contributed by atoms with Crippen molar-refractivity contribution in [3.05, 3.63) is 18.0 Å². The Morgan fingerprint density at radius 1 is 1.80 bits per heavy atom. The van der Waals surface area contributed by atoms with Gasteiger partial charge in [-0.1, -0.05) is 5.16 Å². The summed E-state index contributed by atoms with van der Waals surface area (Å²) in [5.74, 6) is -0.246. The molecule has 0 aliphatic carbocycles. The Kier molecular flexibility index (Phi) is 3.27. The number of nitrogens with zero attached hydrogens (tertiary/aromatic N) is 4. The van der Waals surface area contributed by atoms with E-state index in [9.17, 15) is 4.79 Å². The van der Waals surface area contributed by atoms with Crippen molar-refractivity contribution in [2.75, 3.05) is 13.6 Å². The molecular formula is C8H13N5O2. The zero-order valence-corrected chi connectivity index (χ0v) is 8.58. The van der Waals surface area contributed by atoms with Gasteiger partial charge in [0.05, 0.1) is 18.3 Å². The number of rotatable bonds is 3. The molecule has 7 heteroatoms. The zero-order valence-electron chi connectivity index (χ0n) is 8.58. The van der Waals surface area contributed by atoms with E-state index in [1.165, 1.54) is 15.8 Å². The number of nitrogens with two attached hydrogens (primary N) is 1. The van der Waals surface area contributed by atoms with E-state index >= 15 is 0 Å². The molecule has 0 aromatic carbocycles. The molecule has 7 nitrogen and oxygen atoms in total. The predicted molar refractivity (Wildman–Crippen MR) is 53.6 cm³/mol. The van der Waals surface area contributed by atoms with Crippen molar-refractivity contribution in [3.8, 4) is 0 Å². The van der Waals surface area contributed by atoms with Gasteiger partial charge < -0.3 is 15.8 Å². The molecule has 1 heterocycles. The number of aryl methyl sites for hydroxylation is 1. The van der Waals surface area contributed by atoms with Crippen molar-refractivity contribution in [2.24, 2.45) is 17.9 Å². The van der Waals surface area contributed by atoms with Gasteiger partial charge in [0.25, 0.3) is 5.91 Å². The van der Waals surface area contributed by atoms with Gasteiger partial charge in [-0.2, -0.15) is 5.10 Å². The van der Waals surface area contributed by atoms with Crippen molar-refractivity contribution in [1.29, 1.82) is 0 Å². The Bertz CT molecular complexity index is 384. The lowest BCUT2D eigenvalue weighted by atomic mass is 10.3. The van der Waals surface area contributed by atoms with E-state index in [1.807, 2.05) is 0 Å². The van der Waals surface area contributed by atoms with Crippen LogP contribution in [0.1, 0.15) is 10.4 Å². The fourth-order valence-corrected chi connectivity index (χ4v) is 1.10. The maximum atomic E-state index is 11.7. The quantitative estimate of drug-likeness (QED) is 0.297. The maximum absolute atomic E-state index is 11.7. The molecule has 0 saturated heterocycles. The van der Waals surface area contributed by atoms with Crippen molar-refractivity contribution < 1.29 is 10.0 Å². The summed E-state index contributed by atoms with van der Waals surface area (Å²) in [7, 11) is 3.29. The molecule has 1 aromatic heterocycles. The molecule has 0 saturated carbocycles. The van der Waals surface area contributed by atoms with Crippen molar-refractivity contribution in [2.45, 2.75) is 0 Å². The van der Waals surface area contributed by atoms with E-state index in [-0.39, 0.29) is 18.3 Å². The fourth-order valence-electron chi connectivity index (χ4n) is 1.10. The molecular weight excluding hydrogens is 198 g/mol. The molecule has 3 N–H and O–H groups in total. The third-order valence-corrected chi connectivity index (χ3v) is 1.83. The summed E-state index contributed by atoms with van der Waals surface area (Å²) in [6.45, 7) is 0.0736. The average molecular weight is 211 g/mol. The Morgan fingerprint density at radius 3 is 2.93 bits per heavy atom. The minimum absolute atomic E-state index is 0.0188. The van der Waals surface area contributed by atoms with Gasteiger partial charge in [0, 0.05) is 20.3 Å². The van der Waals surface area contributed by atoms with E-state index in [0.29, 0.717) is 5.56 Å². The van der Waals surface area contributed by atoms with Gasteiger partial charge >= 0.3 is 0 Å². The molecule has 1 rings (SSSR count). The van der Waals surface area contributed by atoms with E-state index in [0.717, 1.165) is 0 Å². The number of hydrogen-bond donors (Lipinski definition) is 2. The number of carbonyl (C=O) groups excluding carboxylic acids is 1. The van der Waals surface area contributed by atoms with Crippen LogP contribution in [-0.4, -0.2) is 45.2 Å². The molecule has 0 atom stereocenters. The van der Waals surface area contributed by atoms with Gasteiger partial charge in [0.15, 0.2) is 5.84 Å². The van der Waals surface area contributed by atoms with E-state index in [2.05, 4.69) is 10.3 Å². The molecule has 0 radical (unpaired) electrons. The summed E-state index contributed by atoms with van der Waals surface area (Å²) >= 11 is 0. The highest BCUT2D eigenvalue weighted by Gasteiger charge is 2.14. The average Bonchev–Trinajstić information content (AvgIpc) is 2.63. The Labute approximate surface area is 86.8 Å². The first-order valence-electron chi connectivity index (χ1n) is 4.25. The van der Waals surface area contributed by atoms with Crippen LogP contribution in [0, 0.1) is 0 Å². The maximum Gasteiger partial charge on any atom is 0.257 e. The summed E-state index contributed by atoms with van der Waals surface area (Å²) < 4.78 is 1.53. The monoisotopic (exact) mass is 211 g/mol. The third-order valence-electron chi connectivity index (χ3n) is 1.83. The van der Waals surface area contributed by atoms with Gasteiger partial charge in [-0.3, -0.25) is 9.48 Å². The predicted octanol–water partition coefficient (Wildman–Crippen LogP) is -0.761. The highest BCUT2D eigenvalue weighted by atomic mass is 16.4. The van der Waals surface area contributed by atoms with Crippen molar-refractivity contribution in [1.82, 2.24) is 14.7 Å². The summed E-state index contributed by atoms with van der Waals surface area (Å²) in [5.41, 5.74) is 5.74. The van der Waals surface area contributed by atoms with Crippen LogP contribution in [0.25, 0.3) is 0 Å². The largest absolute Gasteiger partial charge is 0.409 e. The van der Waals surface area contributed by atoms with Crippen LogP contribution in [0.2, 0.25) is 0 Å². The van der Waals surface area contributed by atoms with Crippen LogP contribution in [0.5, 0.6) is 0 Å². The Morgan fingerprint density at radius 2 is 2.47 bits per heavy atom. The third kappa shape index (κ3) is 2.70. The van der Waals surface area contributed by atoms with Crippen molar-refractivity contribution >= 4 is 11.7 Å². The molecule has 82 valence electrons. The van der Waals surface area contributed by atoms with Crippen LogP contribution >= 0.6 is 0 Å². The van der Waals surface area contributed by atoms with Gasteiger partial charge in [0.2, 0.25) is 0 Å². The van der Waals surface area contributed by atoms with Gasteiger partial charge in [-0.05, 0) is 0 Å². The first kappa shape index (κ1) is 11.0. The van der Waals surface area contributed by atoms with Gasteiger partial charge in [-0.25, -0.2) is 0 Å². The minimum atomic E-state index is -0.227. The van der Waals surface area contributed by atoms with Crippen LogP contribution in [0.3, 0.4) is 0 Å². The van der Waals surface area contributed by atoms with Gasteiger partial charge in [-0.15, -0.1) is 0 Å². The highest BCUT2D eigenvalue weighted by Crippen LogP contribution is 2.00. The van der Waals surface area contributed by atoms with E-state index in [1.54, 1.807) is 20.3 Å². The number of amides is 1. The topological polar surface area (TPSA) is 96.7 Å². The molecule has 0 aliphatic rings. The van der Waals surface area contributed by atoms with Crippen LogP contribution in [0.15, 0.2) is 17.5 Å². The molecule has 0 fully saturated rings. The fraction of sp³-hybridized carbons (Fsp3) is 0.375. The zero-order chi connectivity index (χ0) is 11.4. The van der Waals surface area contributed by atoms with Crippen LogP contribution < -0.4 is 5.73 Å². The second-order valence-corrected chi connectivity index (χ2v) is 3.16. The standard InChI is InChI=1S/C8H13N5O2/c1-12(5-7(9)11-15)8(14)6-3-10-13(2)4-6/h3-4,15H,5H2,1-2H3,(H2,9,11). The van der Waals surface area contributed by atoms with Gasteiger partial charge in [0.1, 0.15) is 0 Å². The molecule has 0 aliphatic heterocycles. The lowest BCUT2D eigenvalue weighted by Gasteiger charge is -2.14. The number of amidine groups is 1. The number of aromatic nitrogens is 2. The second-order valence-electron chi connectivity index (χ2n) is 3.16. The van der Waals surface area contributed by atoms with E-state index in [4.69, 9.17) is 10.9 Å². The number of likely N-dealkylation sites (N-methyl/N-ethyl adjacent to an activating group) is 1. The number of hydrogen-bond acceptors (Lipinski definition) is 4. The molecule has 15 heavy (non-hydrogen) atoms. The van der Waals surface area contributed by atoms with Crippen molar-refractivity contribution in [3.63, 3.8) is 0 Å². The lowest BCUT2D eigenvalue weighted by molar-refractivity contribution is 0.0813. The smallest absolute Gasteiger partial charge is 0.257 e. The van der Waals surface area contributed by atoms with Crippen LogP contribution in [-0.2, 0) is 7.05 Å².